The number of amides is 1. The van der Waals surface area contributed by atoms with E-state index in [0.717, 1.165) is 31.7 Å². The van der Waals surface area contributed by atoms with Gasteiger partial charge >= 0.3 is 0 Å². The SMILES string of the molecule is CNCC1CCN(C(=O)c2cc(C)nn2C)C1. The summed E-state index contributed by atoms with van der Waals surface area (Å²) in [6.07, 6.45) is 1.09. The zero-order valence-corrected chi connectivity index (χ0v) is 10.7. The van der Waals surface area contributed by atoms with Gasteiger partial charge in [-0.15, -0.1) is 0 Å². The van der Waals surface area contributed by atoms with Crippen molar-refractivity contribution in [3.05, 3.63) is 17.5 Å². The lowest BCUT2D eigenvalue weighted by atomic mass is 10.1. The molecule has 1 N–H and O–H groups in total. The second kappa shape index (κ2) is 4.87. The van der Waals surface area contributed by atoms with Crippen LogP contribution in [0.3, 0.4) is 0 Å². The van der Waals surface area contributed by atoms with Crippen LogP contribution in [0.1, 0.15) is 22.6 Å². The predicted octanol–water partition coefficient (Wildman–Crippen LogP) is 0.410. The van der Waals surface area contributed by atoms with E-state index in [2.05, 4.69) is 10.4 Å². The molecule has 1 amide bonds. The van der Waals surface area contributed by atoms with Crippen molar-refractivity contribution in [1.29, 1.82) is 0 Å². The summed E-state index contributed by atoms with van der Waals surface area (Å²) in [7, 11) is 3.77. The highest BCUT2D eigenvalue weighted by atomic mass is 16.2. The van der Waals surface area contributed by atoms with Gasteiger partial charge in [-0.25, -0.2) is 0 Å². The van der Waals surface area contributed by atoms with Crippen LogP contribution in [0.4, 0.5) is 0 Å². The third kappa shape index (κ3) is 2.49. The Kier molecular flexibility index (Phi) is 3.47. The second-order valence-corrected chi connectivity index (χ2v) is 4.76. The van der Waals surface area contributed by atoms with Gasteiger partial charge < -0.3 is 10.2 Å². The monoisotopic (exact) mass is 236 g/mol. The molecule has 5 heteroatoms. The number of nitrogens with one attached hydrogen (secondary N) is 1. The van der Waals surface area contributed by atoms with Crippen molar-refractivity contribution in [3.8, 4) is 0 Å². The molecule has 94 valence electrons. The fraction of sp³-hybridized carbons (Fsp3) is 0.667. The lowest BCUT2D eigenvalue weighted by Crippen LogP contribution is -2.31. The molecule has 0 aliphatic carbocycles. The smallest absolute Gasteiger partial charge is 0.272 e. The predicted molar refractivity (Wildman–Crippen MR) is 65.9 cm³/mol. The van der Waals surface area contributed by atoms with Crippen LogP contribution < -0.4 is 5.32 Å². The zero-order chi connectivity index (χ0) is 12.4. The van der Waals surface area contributed by atoms with Crippen molar-refractivity contribution in [2.24, 2.45) is 13.0 Å². The van der Waals surface area contributed by atoms with E-state index in [1.807, 2.05) is 32.0 Å². The molecule has 2 rings (SSSR count). The van der Waals surface area contributed by atoms with E-state index in [-0.39, 0.29) is 5.91 Å². The highest BCUT2D eigenvalue weighted by molar-refractivity contribution is 5.92. The zero-order valence-electron chi connectivity index (χ0n) is 10.7. The maximum absolute atomic E-state index is 12.3. The van der Waals surface area contributed by atoms with E-state index in [4.69, 9.17) is 0 Å². The molecule has 0 saturated carbocycles. The van der Waals surface area contributed by atoms with Gasteiger partial charge in [0.1, 0.15) is 5.69 Å². The van der Waals surface area contributed by atoms with E-state index in [1.54, 1.807) is 4.68 Å². The molecule has 1 fully saturated rings. The quantitative estimate of drug-likeness (QED) is 0.827. The summed E-state index contributed by atoms with van der Waals surface area (Å²) in [5.74, 6) is 0.685. The van der Waals surface area contributed by atoms with Crippen LogP contribution in [0.5, 0.6) is 0 Å². The largest absolute Gasteiger partial charge is 0.337 e. The molecule has 1 aliphatic heterocycles. The van der Waals surface area contributed by atoms with Gasteiger partial charge in [0.15, 0.2) is 0 Å². The Morgan fingerprint density at radius 2 is 2.41 bits per heavy atom. The molecule has 0 spiro atoms. The van der Waals surface area contributed by atoms with Crippen LogP contribution in [0, 0.1) is 12.8 Å². The van der Waals surface area contributed by atoms with E-state index in [1.165, 1.54) is 0 Å². The number of carbonyl (C=O) groups is 1. The average Bonchev–Trinajstić information content (AvgIpc) is 2.85. The first kappa shape index (κ1) is 12.1. The van der Waals surface area contributed by atoms with Crippen LogP contribution in [0.25, 0.3) is 0 Å². The number of hydrogen-bond donors (Lipinski definition) is 1. The lowest BCUT2D eigenvalue weighted by molar-refractivity contribution is 0.0776. The van der Waals surface area contributed by atoms with E-state index in [0.29, 0.717) is 11.6 Å². The summed E-state index contributed by atoms with van der Waals surface area (Å²) in [6.45, 7) is 4.60. The minimum absolute atomic E-state index is 0.103. The van der Waals surface area contributed by atoms with E-state index < -0.39 is 0 Å². The Labute approximate surface area is 102 Å². The Morgan fingerprint density at radius 3 is 3.00 bits per heavy atom. The Morgan fingerprint density at radius 1 is 1.65 bits per heavy atom. The number of carbonyl (C=O) groups excluding carboxylic acids is 1. The van der Waals surface area contributed by atoms with Gasteiger partial charge in [0.25, 0.3) is 5.91 Å². The third-order valence-electron chi connectivity index (χ3n) is 3.29. The van der Waals surface area contributed by atoms with Crippen LogP contribution in [-0.2, 0) is 7.05 Å². The summed E-state index contributed by atoms with van der Waals surface area (Å²) < 4.78 is 1.67. The fourth-order valence-corrected chi connectivity index (χ4v) is 2.45. The number of aromatic nitrogens is 2. The standard InChI is InChI=1S/C12H20N4O/c1-9-6-11(15(3)14-9)12(17)16-5-4-10(8-16)7-13-2/h6,10,13H,4-5,7-8H2,1-3H3. The summed E-state index contributed by atoms with van der Waals surface area (Å²) >= 11 is 0. The van der Waals surface area contributed by atoms with Gasteiger partial charge in [0, 0.05) is 20.1 Å². The maximum Gasteiger partial charge on any atom is 0.272 e. The van der Waals surface area contributed by atoms with Crippen LogP contribution in [0.15, 0.2) is 6.07 Å². The van der Waals surface area contributed by atoms with Crippen molar-refractivity contribution >= 4 is 5.91 Å². The first-order valence-corrected chi connectivity index (χ1v) is 6.06. The summed E-state index contributed by atoms with van der Waals surface area (Å²) in [4.78, 5) is 14.2. The molecule has 0 radical (unpaired) electrons. The van der Waals surface area contributed by atoms with Crippen molar-refractivity contribution in [3.63, 3.8) is 0 Å². The maximum atomic E-state index is 12.3. The number of likely N-dealkylation sites (tertiary alicyclic amines) is 1. The molecular weight excluding hydrogens is 216 g/mol. The van der Waals surface area contributed by atoms with Gasteiger partial charge in [0.05, 0.1) is 5.69 Å². The first-order valence-electron chi connectivity index (χ1n) is 6.06. The van der Waals surface area contributed by atoms with Crippen molar-refractivity contribution in [1.82, 2.24) is 20.0 Å². The van der Waals surface area contributed by atoms with Gasteiger partial charge in [-0.05, 0) is 38.9 Å². The molecule has 1 aromatic rings. The Hall–Kier alpha value is -1.36. The molecule has 2 heterocycles. The fourth-order valence-electron chi connectivity index (χ4n) is 2.45. The normalized spacial score (nSPS) is 19.9. The molecule has 1 saturated heterocycles. The first-order chi connectivity index (χ1) is 8.11. The molecular formula is C12H20N4O. The highest BCUT2D eigenvalue weighted by Gasteiger charge is 2.27. The minimum Gasteiger partial charge on any atom is -0.337 e. The number of nitrogens with zero attached hydrogens (tertiary/aromatic N) is 3. The number of aryl methyl sites for hydroxylation is 2. The molecule has 1 unspecified atom stereocenters. The lowest BCUT2D eigenvalue weighted by Gasteiger charge is -2.16. The molecule has 0 aromatic carbocycles. The Balaban J connectivity index is 2.04. The van der Waals surface area contributed by atoms with Crippen LogP contribution in [-0.4, -0.2) is 47.3 Å². The summed E-state index contributed by atoms with van der Waals surface area (Å²) in [6, 6.07) is 1.85. The van der Waals surface area contributed by atoms with E-state index >= 15 is 0 Å². The molecule has 1 atom stereocenters. The number of rotatable bonds is 3. The van der Waals surface area contributed by atoms with E-state index in [9.17, 15) is 4.79 Å². The topological polar surface area (TPSA) is 50.2 Å². The van der Waals surface area contributed by atoms with Gasteiger partial charge in [-0.2, -0.15) is 5.10 Å². The highest BCUT2D eigenvalue weighted by Crippen LogP contribution is 2.18. The minimum atomic E-state index is 0.103. The van der Waals surface area contributed by atoms with Crippen LogP contribution >= 0.6 is 0 Å². The van der Waals surface area contributed by atoms with Gasteiger partial charge in [0.2, 0.25) is 0 Å². The number of hydrogen-bond acceptors (Lipinski definition) is 3. The Bertz CT molecular complexity index is 413. The molecule has 0 bridgehead atoms. The average molecular weight is 236 g/mol. The van der Waals surface area contributed by atoms with Gasteiger partial charge in [-0.1, -0.05) is 0 Å². The molecule has 17 heavy (non-hydrogen) atoms. The molecule has 1 aromatic heterocycles. The molecule has 5 nitrogen and oxygen atoms in total. The van der Waals surface area contributed by atoms with Crippen molar-refractivity contribution < 1.29 is 4.79 Å². The van der Waals surface area contributed by atoms with Crippen molar-refractivity contribution in [2.45, 2.75) is 13.3 Å². The second-order valence-electron chi connectivity index (χ2n) is 4.76. The van der Waals surface area contributed by atoms with Crippen molar-refractivity contribution in [2.75, 3.05) is 26.7 Å². The van der Waals surface area contributed by atoms with Gasteiger partial charge in [-0.3, -0.25) is 9.48 Å². The summed E-state index contributed by atoms with van der Waals surface area (Å²) in [5, 5.41) is 7.38. The third-order valence-corrected chi connectivity index (χ3v) is 3.29. The summed E-state index contributed by atoms with van der Waals surface area (Å²) in [5.41, 5.74) is 1.58. The van der Waals surface area contributed by atoms with Crippen LogP contribution in [0.2, 0.25) is 0 Å². The molecule has 1 aliphatic rings.